The van der Waals surface area contributed by atoms with E-state index < -0.39 is 23.3 Å². The second-order valence-electron chi connectivity index (χ2n) is 7.32. The van der Waals surface area contributed by atoms with Gasteiger partial charge in [0.2, 0.25) is 0 Å². The third-order valence-electron chi connectivity index (χ3n) is 5.22. The van der Waals surface area contributed by atoms with Crippen LogP contribution in [0.5, 0.6) is 0 Å². The van der Waals surface area contributed by atoms with E-state index in [0.29, 0.717) is 0 Å². The van der Waals surface area contributed by atoms with Crippen LogP contribution in [0.1, 0.15) is 10.4 Å². The number of hydrogen-bond acceptors (Lipinski definition) is 3. The van der Waals surface area contributed by atoms with Crippen molar-refractivity contribution in [1.29, 1.82) is 0 Å². The van der Waals surface area contributed by atoms with Gasteiger partial charge in [-0.05, 0) is 60.7 Å². The van der Waals surface area contributed by atoms with Gasteiger partial charge < -0.3 is 5.11 Å². The van der Waals surface area contributed by atoms with Gasteiger partial charge in [0.15, 0.2) is 0 Å². The number of hydrogen-bond donors (Lipinski definition) is 2. The highest BCUT2D eigenvalue weighted by molar-refractivity contribution is 7.95. The fraction of sp³-hybridized carbons (Fsp3) is 0.0385. The van der Waals surface area contributed by atoms with E-state index in [1.54, 1.807) is 0 Å². The SMILES string of the molecule is C[P+](c1ccccc1)(c1ccccc1)c1ccccc1.O=C(O)c1ccc(S(=O)(=O)O)cc1. The van der Waals surface area contributed by atoms with Gasteiger partial charge in [-0.2, -0.15) is 8.42 Å². The van der Waals surface area contributed by atoms with Crippen molar-refractivity contribution in [3.63, 3.8) is 0 Å². The van der Waals surface area contributed by atoms with Crippen LogP contribution >= 0.6 is 7.26 Å². The number of rotatable bonds is 5. The molecule has 0 spiro atoms. The number of carboxylic acids is 1. The summed E-state index contributed by atoms with van der Waals surface area (Å²) in [5.74, 6) is -1.15. The third kappa shape index (κ3) is 5.93. The van der Waals surface area contributed by atoms with Gasteiger partial charge in [-0.3, -0.25) is 4.55 Å². The fourth-order valence-electron chi connectivity index (χ4n) is 3.40. The summed E-state index contributed by atoms with van der Waals surface area (Å²) in [5, 5.41) is 12.8. The molecule has 0 heterocycles. The molecule has 2 N–H and O–H groups in total. The van der Waals surface area contributed by atoms with Gasteiger partial charge in [-0.1, -0.05) is 54.6 Å². The van der Waals surface area contributed by atoms with E-state index in [1.165, 1.54) is 15.9 Å². The number of benzene rings is 4. The molecule has 0 unspecified atom stereocenters. The van der Waals surface area contributed by atoms with Crippen LogP contribution in [0.2, 0.25) is 0 Å². The van der Waals surface area contributed by atoms with Crippen molar-refractivity contribution in [3.8, 4) is 0 Å². The van der Waals surface area contributed by atoms with E-state index in [1.807, 2.05) is 0 Å². The Morgan fingerprint density at radius 2 is 0.970 bits per heavy atom. The highest BCUT2D eigenvalue weighted by Gasteiger charge is 2.39. The minimum absolute atomic E-state index is 0.0348. The van der Waals surface area contributed by atoms with E-state index >= 15 is 0 Å². The van der Waals surface area contributed by atoms with Crippen LogP contribution in [0.25, 0.3) is 0 Å². The number of aromatic carboxylic acids is 1. The highest BCUT2D eigenvalue weighted by Crippen LogP contribution is 2.51. The lowest BCUT2D eigenvalue weighted by Crippen LogP contribution is -2.30. The summed E-state index contributed by atoms with van der Waals surface area (Å²) in [4.78, 5) is 10.0. The maximum Gasteiger partial charge on any atom is 0.335 e. The molecule has 33 heavy (non-hydrogen) atoms. The van der Waals surface area contributed by atoms with Crippen LogP contribution in [0, 0.1) is 0 Å². The van der Waals surface area contributed by atoms with Crippen molar-refractivity contribution in [2.24, 2.45) is 0 Å². The molecule has 0 radical (unpaired) electrons. The average Bonchev–Trinajstić information content (AvgIpc) is 2.85. The quantitative estimate of drug-likeness (QED) is 0.330. The zero-order valence-corrected chi connectivity index (χ0v) is 19.7. The second-order valence-corrected chi connectivity index (χ2v) is 12.3. The molecule has 5 nitrogen and oxygen atoms in total. The Labute approximate surface area is 194 Å². The van der Waals surface area contributed by atoms with E-state index in [9.17, 15) is 13.2 Å². The van der Waals surface area contributed by atoms with Crippen molar-refractivity contribution < 1.29 is 22.9 Å². The van der Waals surface area contributed by atoms with Gasteiger partial charge in [0.05, 0.1) is 17.1 Å². The summed E-state index contributed by atoms with van der Waals surface area (Å²) < 4.78 is 29.6. The van der Waals surface area contributed by atoms with E-state index in [2.05, 4.69) is 97.7 Å². The predicted octanol–water partition coefficient (Wildman–Crippen LogP) is 4.24. The molecule has 168 valence electrons. The van der Waals surface area contributed by atoms with Gasteiger partial charge in [0.25, 0.3) is 10.1 Å². The molecule has 4 aromatic rings. The van der Waals surface area contributed by atoms with Crippen LogP contribution in [-0.4, -0.2) is 30.7 Å². The highest BCUT2D eigenvalue weighted by atomic mass is 32.2. The Morgan fingerprint density at radius 3 is 1.24 bits per heavy atom. The molecule has 0 aliphatic heterocycles. The summed E-state index contributed by atoms with van der Waals surface area (Å²) in [6.45, 7) is 2.41. The zero-order chi connectivity index (χ0) is 23.9. The lowest BCUT2D eigenvalue weighted by Gasteiger charge is -2.22. The minimum Gasteiger partial charge on any atom is -0.478 e. The Morgan fingerprint density at radius 1 is 0.636 bits per heavy atom. The maximum atomic E-state index is 10.5. The van der Waals surface area contributed by atoms with Crippen LogP contribution < -0.4 is 15.9 Å². The molecule has 0 bridgehead atoms. The summed E-state index contributed by atoms with van der Waals surface area (Å²) >= 11 is 0. The zero-order valence-electron chi connectivity index (χ0n) is 17.9. The molecule has 0 aliphatic carbocycles. The van der Waals surface area contributed by atoms with Crippen LogP contribution in [0.4, 0.5) is 0 Å². The van der Waals surface area contributed by atoms with Crippen LogP contribution in [0.15, 0.2) is 120 Å². The summed E-state index contributed by atoms with van der Waals surface area (Å²) in [7, 11) is -5.76. The summed E-state index contributed by atoms with van der Waals surface area (Å²) in [6, 6.07) is 36.9. The van der Waals surface area contributed by atoms with Crippen molar-refractivity contribution in [2.75, 3.05) is 6.66 Å². The largest absolute Gasteiger partial charge is 0.478 e. The average molecular weight is 480 g/mol. The molecule has 4 rings (SSSR count). The first-order valence-electron chi connectivity index (χ1n) is 10.1. The molecular formula is C26H24O5PS+. The predicted molar refractivity (Wildman–Crippen MR) is 134 cm³/mol. The minimum atomic E-state index is -4.24. The van der Waals surface area contributed by atoms with Gasteiger partial charge in [-0.25, -0.2) is 4.79 Å². The Kier molecular flexibility index (Phi) is 7.77. The van der Waals surface area contributed by atoms with Crippen molar-refractivity contribution in [3.05, 3.63) is 121 Å². The standard InChI is InChI=1S/C19H18P.C7H6O5S/c1-20(17-11-5-2-6-12-17,18-13-7-3-8-14-18)19-15-9-4-10-16-19;8-7(9)5-1-3-6(4-2-5)13(10,11)12/h2-16H,1H3;1-4H,(H,8,9)(H,10,11,12)/q+1;. The maximum absolute atomic E-state index is 10.5. The monoisotopic (exact) mass is 479 g/mol. The lowest BCUT2D eigenvalue weighted by atomic mass is 10.2. The topological polar surface area (TPSA) is 91.7 Å². The van der Waals surface area contributed by atoms with E-state index in [4.69, 9.17) is 9.66 Å². The Bertz CT molecular complexity index is 1190. The van der Waals surface area contributed by atoms with Crippen molar-refractivity contribution in [2.45, 2.75) is 4.90 Å². The Hall–Kier alpha value is -3.31. The second kappa shape index (κ2) is 10.5. The molecule has 0 fully saturated rings. The van der Waals surface area contributed by atoms with Gasteiger partial charge >= 0.3 is 5.97 Å². The van der Waals surface area contributed by atoms with Crippen LogP contribution in [-0.2, 0) is 10.1 Å². The van der Waals surface area contributed by atoms with Gasteiger partial charge in [0.1, 0.15) is 23.2 Å². The molecule has 7 heteroatoms. The smallest absolute Gasteiger partial charge is 0.335 e. The first kappa shape index (κ1) is 24.3. The normalized spacial score (nSPS) is 11.2. The molecule has 0 saturated heterocycles. The first-order chi connectivity index (χ1) is 15.7. The fourth-order valence-corrected chi connectivity index (χ4v) is 7.07. The molecule has 0 aliphatic rings. The lowest BCUT2D eigenvalue weighted by molar-refractivity contribution is 0.0696. The molecule has 0 aromatic heterocycles. The van der Waals surface area contributed by atoms with Gasteiger partial charge in [0, 0.05) is 0 Å². The number of carboxylic acid groups (broad SMARTS) is 1. The summed E-state index contributed by atoms with van der Waals surface area (Å²) in [6.07, 6.45) is 0. The molecule has 0 amide bonds. The molecular weight excluding hydrogens is 455 g/mol. The number of carbonyl (C=O) groups is 1. The van der Waals surface area contributed by atoms with Gasteiger partial charge in [-0.15, -0.1) is 0 Å². The molecule has 0 saturated carbocycles. The van der Waals surface area contributed by atoms with Crippen molar-refractivity contribution >= 4 is 39.3 Å². The first-order valence-corrected chi connectivity index (χ1v) is 13.7. The Balaban J connectivity index is 0.000000205. The third-order valence-corrected chi connectivity index (χ3v) is 10.1. The van der Waals surface area contributed by atoms with Crippen LogP contribution in [0.3, 0.4) is 0 Å². The van der Waals surface area contributed by atoms with Crippen molar-refractivity contribution in [1.82, 2.24) is 0 Å². The molecule has 4 aromatic carbocycles. The van der Waals surface area contributed by atoms with E-state index in [0.717, 1.165) is 24.3 Å². The summed E-state index contributed by atoms with van der Waals surface area (Å²) in [5.41, 5.74) is -0.0348. The molecule has 0 atom stereocenters. The van der Waals surface area contributed by atoms with E-state index in [-0.39, 0.29) is 10.5 Å².